The van der Waals surface area contributed by atoms with Crippen LogP contribution in [-0.2, 0) is 11.3 Å². The summed E-state index contributed by atoms with van der Waals surface area (Å²) in [6.45, 7) is 0.101. The van der Waals surface area contributed by atoms with Gasteiger partial charge in [-0.2, -0.15) is 0 Å². The molecule has 1 saturated carbocycles. The van der Waals surface area contributed by atoms with Crippen LogP contribution in [0, 0.1) is 16.0 Å². The van der Waals surface area contributed by atoms with Gasteiger partial charge in [-0.1, -0.05) is 0 Å². The molecule has 116 valence electrons. The second-order valence-corrected chi connectivity index (χ2v) is 4.86. The third-order valence-corrected chi connectivity index (χ3v) is 3.28. The van der Waals surface area contributed by atoms with Crippen LogP contribution in [0.25, 0.3) is 0 Å². The molecule has 1 heterocycles. The Bertz CT molecular complexity index is 585. The fraction of sp³-hybridized carbons (Fsp3) is 0.500. The molecule has 1 unspecified atom stereocenters. The van der Waals surface area contributed by atoms with Gasteiger partial charge in [-0.15, -0.1) is 12.4 Å². The first-order chi connectivity index (χ1) is 9.51. The number of carbonyl (C=O) groups excluding carboxylic acids is 1. The van der Waals surface area contributed by atoms with E-state index in [1.165, 1.54) is 0 Å². The first kappa shape index (κ1) is 17.1. The van der Waals surface area contributed by atoms with Crippen molar-refractivity contribution in [2.45, 2.75) is 25.4 Å². The van der Waals surface area contributed by atoms with E-state index in [4.69, 9.17) is 5.73 Å². The first-order valence-electron chi connectivity index (χ1n) is 6.35. The molecule has 3 N–H and O–H groups in total. The number of carbonyl (C=O) groups is 1. The van der Waals surface area contributed by atoms with Crippen molar-refractivity contribution >= 4 is 24.0 Å². The number of nitrogens with zero attached hydrogens (tertiary/aromatic N) is 2. The molecule has 0 saturated heterocycles. The minimum Gasteiger partial charge on any atom is -0.350 e. The zero-order valence-corrected chi connectivity index (χ0v) is 12.0. The molecule has 0 spiro atoms. The van der Waals surface area contributed by atoms with Crippen molar-refractivity contribution in [2.24, 2.45) is 11.7 Å². The maximum Gasteiger partial charge on any atom is 0.285 e. The molecule has 1 aromatic heterocycles. The lowest BCUT2D eigenvalue weighted by atomic mass is 10.2. The van der Waals surface area contributed by atoms with Gasteiger partial charge in [0.1, 0.15) is 6.54 Å². The lowest BCUT2D eigenvalue weighted by Gasteiger charge is -2.16. The average Bonchev–Trinajstić information content (AvgIpc) is 3.22. The summed E-state index contributed by atoms with van der Waals surface area (Å²) in [4.78, 5) is 33.5. The fourth-order valence-corrected chi connectivity index (χ4v) is 2.03. The second kappa shape index (κ2) is 7.19. The van der Waals surface area contributed by atoms with E-state index in [1.54, 1.807) is 0 Å². The molecule has 1 aliphatic carbocycles. The van der Waals surface area contributed by atoms with Gasteiger partial charge >= 0.3 is 0 Å². The van der Waals surface area contributed by atoms with E-state index < -0.39 is 10.5 Å². The van der Waals surface area contributed by atoms with Gasteiger partial charge < -0.3 is 11.1 Å². The number of pyridine rings is 1. The molecule has 1 fully saturated rings. The molecule has 1 atom stereocenters. The van der Waals surface area contributed by atoms with Crippen LogP contribution in [0.4, 0.5) is 5.69 Å². The number of aromatic nitrogens is 1. The molecule has 0 bridgehead atoms. The smallest absolute Gasteiger partial charge is 0.285 e. The van der Waals surface area contributed by atoms with Gasteiger partial charge in [-0.05, 0) is 18.8 Å². The Hall–Kier alpha value is -1.93. The molecule has 0 aliphatic heterocycles. The summed E-state index contributed by atoms with van der Waals surface area (Å²) < 4.78 is 1.02. The monoisotopic (exact) mass is 316 g/mol. The van der Waals surface area contributed by atoms with Crippen LogP contribution in [0.1, 0.15) is 12.8 Å². The van der Waals surface area contributed by atoms with E-state index in [0.717, 1.165) is 35.7 Å². The van der Waals surface area contributed by atoms with Crippen molar-refractivity contribution in [2.75, 3.05) is 6.54 Å². The highest BCUT2D eigenvalue weighted by atomic mass is 35.5. The Labute approximate surface area is 126 Å². The summed E-state index contributed by atoms with van der Waals surface area (Å²) in [6.07, 6.45) is 3.15. The Morgan fingerprint density at radius 1 is 1.52 bits per heavy atom. The van der Waals surface area contributed by atoms with Gasteiger partial charge in [0.25, 0.3) is 11.2 Å². The molecule has 0 aromatic carbocycles. The molecule has 2 rings (SSSR count). The summed E-state index contributed by atoms with van der Waals surface area (Å²) in [5, 5.41) is 13.4. The number of hydrogen-bond donors (Lipinski definition) is 2. The number of hydrogen-bond acceptors (Lipinski definition) is 5. The standard InChI is InChI=1S/C12H16N4O4.ClH/c13-5-10(8-1-2-8)14-11(17)7-15-6-9(16(19)20)3-4-12(15)18;/h3-4,6,8,10H,1-2,5,7,13H2,(H,14,17);1H. The van der Waals surface area contributed by atoms with Crippen molar-refractivity contribution in [3.05, 3.63) is 38.8 Å². The predicted octanol–water partition coefficient (Wildman–Crippen LogP) is 0.0318. The highest BCUT2D eigenvalue weighted by Gasteiger charge is 2.31. The lowest BCUT2D eigenvalue weighted by Crippen LogP contribution is -2.44. The highest BCUT2D eigenvalue weighted by Crippen LogP contribution is 2.32. The number of rotatable bonds is 6. The summed E-state index contributed by atoms with van der Waals surface area (Å²) >= 11 is 0. The normalized spacial score (nSPS) is 14.9. The van der Waals surface area contributed by atoms with Crippen molar-refractivity contribution in [1.82, 2.24) is 9.88 Å². The molecule has 9 heteroatoms. The van der Waals surface area contributed by atoms with Crippen LogP contribution >= 0.6 is 12.4 Å². The number of amides is 1. The van der Waals surface area contributed by atoms with Crippen LogP contribution in [0.3, 0.4) is 0 Å². The third-order valence-electron chi connectivity index (χ3n) is 3.28. The summed E-state index contributed by atoms with van der Waals surface area (Å²) in [5.41, 5.74) is 4.89. The molecular weight excluding hydrogens is 300 g/mol. The Kier molecular flexibility index (Phi) is 5.86. The molecule has 21 heavy (non-hydrogen) atoms. The van der Waals surface area contributed by atoms with E-state index in [2.05, 4.69) is 5.32 Å². The molecule has 1 amide bonds. The van der Waals surface area contributed by atoms with Crippen molar-refractivity contribution in [3.8, 4) is 0 Å². The van der Waals surface area contributed by atoms with Crippen LogP contribution in [0.2, 0.25) is 0 Å². The van der Waals surface area contributed by atoms with Gasteiger partial charge in [0, 0.05) is 24.7 Å². The van der Waals surface area contributed by atoms with Crippen molar-refractivity contribution in [1.29, 1.82) is 0 Å². The number of nitro groups is 1. The molecule has 1 aromatic rings. The van der Waals surface area contributed by atoms with Crippen LogP contribution in [-0.4, -0.2) is 28.0 Å². The molecule has 1 aliphatic rings. The largest absolute Gasteiger partial charge is 0.350 e. The number of nitrogens with one attached hydrogen (secondary N) is 1. The summed E-state index contributed by atoms with van der Waals surface area (Å²) in [7, 11) is 0. The minimum absolute atomic E-state index is 0. The van der Waals surface area contributed by atoms with Gasteiger partial charge in [-0.3, -0.25) is 24.3 Å². The quantitative estimate of drug-likeness (QED) is 0.566. The number of halogens is 1. The van der Waals surface area contributed by atoms with Gasteiger partial charge in [0.2, 0.25) is 5.91 Å². The number of nitrogens with two attached hydrogens (primary N) is 1. The third kappa shape index (κ3) is 4.54. The second-order valence-electron chi connectivity index (χ2n) is 4.86. The lowest BCUT2D eigenvalue weighted by molar-refractivity contribution is -0.385. The Morgan fingerprint density at radius 3 is 2.71 bits per heavy atom. The highest BCUT2D eigenvalue weighted by molar-refractivity contribution is 5.85. The minimum atomic E-state index is -0.610. The van der Waals surface area contributed by atoms with E-state index in [0.29, 0.717) is 12.5 Å². The first-order valence-corrected chi connectivity index (χ1v) is 6.35. The summed E-state index contributed by atoms with van der Waals surface area (Å²) in [5.74, 6) is 0.0423. The molecular formula is C12H17ClN4O4. The SMILES string of the molecule is Cl.NCC(NC(=O)Cn1cc([N+](=O)[O-])ccc1=O)C1CC1. The fourth-order valence-electron chi connectivity index (χ4n) is 2.03. The topological polar surface area (TPSA) is 120 Å². The molecule has 8 nitrogen and oxygen atoms in total. The van der Waals surface area contributed by atoms with Gasteiger partial charge in [0.05, 0.1) is 11.1 Å². The molecule has 0 radical (unpaired) electrons. The van der Waals surface area contributed by atoms with Crippen molar-refractivity contribution < 1.29 is 9.72 Å². The maximum absolute atomic E-state index is 11.9. The zero-order chi connectivity index (χ0) is 14.7. The van der Waals surface area contributed by atoms with Gasteiger partial charge in [0.15, 0.2) is 0 Å². The maximum atomic E-state index is 11.9. The summed E-state index contributed by atoms with van der Waals surface area (Å²) in [6, 6.07) is 2.10. The van der Waals surface area contributed by atoms with E-state index in [-0.39, 0.29) is 36.6 Å². The van der Waals surface area contributed by atoms with E-state index in [9.17, 15) is 19.7 Å². The van der Waals surface area contributed by atoms with Crippen molar-refractivity contribution in [3.63, 3.8) is 0 Å². The van der Waals surface area contributed by atoms with E-state index >= 15 is 0 Å². The van der Waals surface area contributed by atoms with E-state index in [1.807, 2.05) is 0 Å². The Morgan fingerprint density at radius 2 is 2.19 bits per heavy atom. The van der Waals surface area contributed by atoms with Crippen LogP contribution in [0.15, 0.2) is 23.1 Å². The van der Waals surface area contributed by atoms with Gasteiger partial charge in [-0.25, -0.2) is 0 Å². The van der Waals surface area contributed by atoms with Crippen LogP contribution < -0.4 is 16.6 Å². The van der Waals surface area contributed by atoms with Crippen LogP contribution in [0.5, 0.6) is 0 Å². The zero-order valence-electron chi connectivity index (χ0n) is 11.2. The predicted molar refractivity (Wildman–Crippen MR) is 78.3 cm³/mol. The average molecular weight is 317 g/mol. The Balaban J connectivity index is 0.00000220.